The highest BCUT2D eigenvalue weighted by Gasteiger charge is 2.20. The molecule has 2 aromatic rings. The highest BCUT2D eigenvalue weighted by molar-refractivity contribution is 7.98. The van der Waals surface area contributed by atoms with E-state index >= 15 is 0 Å². The zero-order valence-corrected chi connectivity index (χ0v) is 12.7. The first-order valence-corrected chi connectivity index (χ1v) is 8.33. The molecule has 0 radical (unpaired) electrons. The Bertz CT molecular complexity index is 671. The minimum Gasteiger partial charge on any atom is -0.463 e. The van der Waals surface area contributed by atoms with Crippen LogP contribution in [0.3, 0.4) is 0 Å². The van der Waals surface area contributed by atoms with Crippen molar-refractivity contribution in [3.05, 3.63) is 57.8 Å². The van der Waals surface area contributed by atoms with E-state index in [0.29, 0.717) is 6.61 Å². The molecule has 1 aromatic carbocycles. The number of esters is 1. The van der Waals surface area contributed by atoms with Gasteiger partial charge in [-0.2, -0.15) is 0 Å². The molecule has 2 heterocycles. The second-order valence-electron chi connectivity index (χ2n) is 4.37. The highest BCUT2D eigenvalue weighted by Crippen LogP contribution is 2.42. The monoisotopic (exact) mass is 302 g/mol. The predicted molar refractivity (Wildman–Crippen MR) is 84.0 cm³/mol. The summed E-state index contributed by atoms with van der Waals surface area (Å²) in [5.41, 5.74) is 3.38. The van der Waals surface area contributed by atoms with E-state index in [2.05, 4.69) is 23.6 Å². The molecule has 0 fully saturated rings. The molecule has 0 unspecified atom stereocenters. The number of rotatable bonds is 2. The number of benzene rings is 1. The van der Waals surface area contributed by atoms with Crippen molar-refractivity contribution in [3.8, 4) is 0 Å². The van der Waals surface area contributed by atoms with Gasteiger partial charge in [0.1, 0.15) is 0 Å². The van der Waals surface area contributed by atoms with Crippen molar-refractivity contribution in [2.45, 2.75) is 17.6 Å². The molecular weight excluding hydrogens is 288 g/mol. The summed E-state index contributed by atoms with van der Waals surface area (Å²) in [6, 6.07) is 10.4. The van der Waals surface area contributed by atoms with Crippen molar-refractivity contribution >= 4 is 34.6 Å². The Hall–Kier alpha value is -1.52. The van der Waals surface area contributed by atoms with Crippen molar-refractivity contribution in [2.24, 2.45) is 0 Å². The molecule has 20 heavy (non-hydrogen) atoms. The van der Waals surface area contributed by atoms with Gasteiger partial charge in [0, 0.05) is 27.2 Å². The first kappa shape index (κ1) is 13.5. The number of ether oxygens (including phenoxy) is 1. The quantitative estimate of drug-likeness (QED) is 0.609. The topological polar surface area (TPSA) is 26.3 Å². The van der Waals surface area contributed by atoms with Crippen LogP contribution in [-0.4, -0.2) is 12.6 Å². The lowest BCUT2D eigenvalue weighted by atomic mass is 10.0. The van der Waals surface area contributed by atoms with Crippen LogP contribution in [0.1, 0.15) is 22.9 Å². The summed E-state index contributed by atoms with van der Waals surface area (Å²) >= 11 is 3.50. The van der Waals surface area contributed by atoms with E-state index in [4.69, 9.17) is 4.74 Å². The number of carbonyl (C=O) groups is 1. The Kier molecular flexibility index (Phi) is 3.94. The third-order valence-corrected chi connectivity index (χ3v) is 5.21. The van der Waals surface area contributed by atoms with E-state index in [1.807, 2.05) is 30.8 Å². The van der Waals surface area contributed by atoms with Gasteiger partial charge in [-0.3, -0.25) is 0 Å². The fourth-order valence-electron chi connectivity index (χ4n) is 2.22. The van der Waals surface area contributed by atoms with Gasteiger partial charge in [0.2, 0.25) is 0 Å². The molecule has 1 aliphatic rings. The van der Waals surface area contributed by atoms with E-state index in [0.717, 1.165) is 16.9 Å². The van der Waals surface area contributed by atoms with Gasteiger partial charge in [0.05, 0.1) is 6.61 Å². The summed E-state index contributed by atoms with van der Waals surface area (Å²) < 4.78 is 5.07. The van der Waals surface area contributed by atoms with Gasteiger partial charge in [0.15, 0.2) is 0 Å². The maximum atomic E-state index is 11.9. The van der Waals surface area contributed by atoms with Gasteiger partial charge in [-0.1, -0.05) is 18.2 Å². The molecule has 0 atom stereocenters. The first-order chi connectivity index (χ1) is 9.79. The second kappa shape index (κ2) is 5.85. The number of hydrogen-bond acceptors (Lipinski definition) is 4. The molecule has 0 saturated heterocycles. The maximum Gasteiger partial charge on any atom is 0.331 e. The fraction of sp³-hybridized carbons (Fsp3) is 0.188. The smallest absolute Gasteiger partial charge is 0.331 e. The van der Waals surface area contributed by atoms with Crippen LogP contribution in [0, 0.1) is 0 Å². The summed E-state index contributed by atoms with van der Waals surface area (Å²) in [4.78, 5) is 14.3. The zero-order valence-electron chi connectivity index (χ0n) is 11.1. The zero-order chi connectivity index (χ0) is 13.9. The standard InChI is InChI=1S/C16H14O2S2/c1-2-18-15(17)9-13-12-5-3-4-6-14(12)20-10-11-7-8-19-16(11)13/h3-9H,2,10H2,1H3/b13-9-. The normalized spacial score (nSPS) is 15.3. The van der Waals surface area contributed by atoms with E-state index in [1.165, 1.54) is 15.3 Å². The summed E-state index contributed by atoms with van der Waals surface area (Å²) in [5.74, 6) is 0.666. The average molecular weight is 302 g/mol. The maximum absolute atomic E-state index is 11.9. The predicted octanol–water partition coefficient (Wildman–Crippen LogP) is 4.35. The summed E-state index contributed by atoms with van der Waals surface area (Å²) in [7, 11) is 0. The number of thioether (sulfide) groups is 1. The third kappa shape index (κ3) is 2.53. The van der Waals surface area contributed by atoms with E-state index in [1.54, 1.807) is 17.4 Å². The molecule has 0 saturated carbocycles. The van der Waals surface area contributed by atoms with Gasteiger partial charge in [-0.25, -0.2) is 4.79 Å². The van der Waals surface area contributed by atoms with Crippen LogP contribution in [0.15, 0.2) is 46.7 Å². The van der Waals surface area contributed by atoms with Crippen LogP contribution >= 0.6 is 23.1 Å². The number of thiophene rings is 1. The Morgan fingerprint density at radius 2 is 2.20 bits per heavy atom. The van der Waals surface area contributed by atoms with E-state index in [9.17, 15) is 4.79 Å². The van der Waals surface area contributed by atoms with Gasteiger partial charge in [-0.15, -0.1) is 23.1 Å². The summed E-state index contributed by atoms with van der Waals surface area (Å²) in [6.45, 7) is 2.22. The SMILES string of the molecule is CCOC(=O)/C=C1/c2ccccc2SCc2ccsc21. The van der Waals surface area contributed by atoms with Crippen molar-refractivity contribution in [1.82, 2.24) is 0 Å². The summed E-state index contributed by atoms with van der Waals surface area (Å²) in [5, 5.41) is 2.08. The molecule has 0 amide bonds. The largest absolute Gasteiger partial charge is 0.463 e. The lowest BCUT2D eigenvalue weighted by molar-refractivity contribution is -0.137. The Morgan fingerprint density at radius 1 is 1.35 bits per heavy atom. The van der Waals surface area contributed by atoms with Gasteiger partial charge in [0.25, 0.3) is 0 Å². The molecule has 4 heteroatoms. The minimum atomic E-state index is -0.274. The van der Waals surface area contributed by atoms with Crippen molar-refractivity contribution in [3.63, 3.8) is 0 Å². The van der Waals surface area contributed by atoms with Crippen molar-refractivity contribution < 1.29 is 9.53 Å². The Balaban J connectivity index is 2.15. The lowest BCUT2D eigenvalue weighted by Gasteiger charge is -2.08. The van der Waals surface area contributed by atoms with Crippen LogP contribution in [0.25, 0.3) is 5.57 Å². The second-order valence-corrected chi connectivity index (χ2v) is 6.30. The van der Waals surface area contributed by atoms with Gasteiger partial charge >= 0.3 is 5.97 Å². The first-order valence-electron chi connectivity index (χ1n) is 6.47. The van der Waals surface area contributed by atoms with Crippen LogP contribution in [0.2, 0.25) is 0 Å². The molecule has 2 nitrogen and oxygen atoms in total. The molecule has 3 rings (SSSR count). The van der Waals surface area contributed by atoms with Gasteiger partial charge in [-0.05, 0) is 35.6 Å². The Labute approximate surface area is 126 Å². The number of fused-ring (bicyclic) bond motifs is 2. The molecular formula is C16H14O2S2. The van der Waals surface area contributed by atoms with Crippen LogP contribution in [-0.2, 0) is 15.3 Å². The van der Waals surface area contributed by atoms with Crippen molar-refractivity contribution in [1.29, 1.82) is 0 Å². The highest BCUT2D eigenvalue weighted by atomic mass is 32.2. The van der Waals surface area contributed by atoms with Crippen LogP contribution < -0.4 is 0 Å². The average Bonchev–Trinajstić information content (AvgIpc) is 2.86. The lowest BCUT2D eigenvalue weighted by Crippen LogP contribution is -2.01. The minimum absolute atomic E-state index is 0.274. The van der Waals surface area contributed by atoms with Gasteiger partial charge < -0.3 is 4.74 Å². The molecule has 0 bridgehead atoms. The molecule has 1 aromatic heterocycles. The van der Waals surface area contributed by atoms with Crippen LogP contribution in [0.5, 0.6) is 0 Å². The third-order valence-electron chi connectivity index (χ3n) is 3.10. The van der Waals surface area contributed by atoms with Crippen LogP contribution in [0.4, 0.5) is 0 Å². The molecule has 0 aliphatic carbocycles. The molecule has 0 spiro atoms. The van der Waals surface area contributed by atoms with E-state index in [-0.39, 0.29) is 5.97 Å². The number of carbonyl (C=O) groups excluding carboxylic acids is 1. The fourth-order valence-corrected chi connectivity index (χ4v) is 4.33. The van der Waals surface area contributed by atoms with E-state index < -0.39 is 0 Å². The Morgan fingerprint density at radius 3 is 3.05 bits per heavy atom. The number of hydrogen-bond donors (Lipinski definition) is 0. The molecule has 0 N–H and O–H groups in total. The molecule has 1 aliphatic heterocycles. The summed E-state index contributed by atoms with van der Waals surface area (Å²) in [6.07, 6.45) is 1.63. The van der Waals surface area contributed by atoms with Crippen molar-refractivity contribution in [2.75, 3.05) is 6.61 Å². The molecule has 102 valence electrons.